The lowest BCUT2D eigenvalue weighted by Gasteiger charge is -2.23. The van der Waals surface area contributed by atoms with Crippen molar-refractivity contribution in [2.45, 2.75) is 26.3 Å². The lowest BCUT2D eigenvalue weighted by molar-refractivity contribution is 0.184. The van der Waals surface area contributed by atoms with Crippen LogP contribution in [0.15, 0.2) is 0 Å². The van der Waals surface area contributed by atoms with Crippen LogP contribution in [-0.4, -0.2) is 42.8 Å². The molecule has 2 atom stereocenters. The number of hydrogen-bond acceptors (Lipinski definition) is 3. The Morgan fingerprint density at radius 1 is 1.62 bits per heavy atom. The van der Waals surface area contributed by atoms with Crippen LogP contribution in [0.4, 0.5) is 0 Å². The zero-order valence-corrected chi connectivity index (χ0v) is 8.92. The maximum atomic E-state index is 11.5. The van der Waals surface area contributed by atoms with Crippen LogP contribution < -0.4 is 0 Å². The Morgan fingerprint density at radius 3 is 2.54 bits per heavy atom. The first-order valence-electron chi connectivity index (χ1n) is 4.61. The third-order valence-corrected chi connectivity index (χ3v) is 4.59. The summed E-state index contributed by atoms with van der Waals surface area (Å²) in [6.07, 6.45) is 0.669. The molecule has 0 amide bonds. The minimum absolute atomic E-state index is 0.0809. The van der Waals surface area contributed by atoms with Gasteiger partial charge in [0.25, 0.3) is 0 Å². The van der Waals surface area contributed by atoms with Crippen LogP contribution in [-0.2, 0) is 10.0 Å². The SMILES string of the molecule is CCC(CO)N1CC(C)CS1(=O)=O. The summed E-state index contributed by atoms with van der Waals surface area (Å²) in [5.74, 6) is 0.411. The molecule has 1 heterocycles. The Bertz CT molecular complexity index is 259. The van der Waals surface area contributed by atoms with E-state index in [1.165, 1.54) is 4.31 Å². The topological polar surface area (TPSA) is 57.6 Å². The highest BCUT2D eigenvalue weighted by molar-refractivity contribution is 7.89. The van der Waals surface area contributed by atoms with Gasteiger partial charge in [-0.3, -0.25) is 0 Å². The molecule has 5 heteroatoms. The second-order valence-electron chi connectivity index (χ2n) is 3.70. The Balaban J connectivity index is 2.80. The van der Waals surface area contributed by atoms with Gasteiger partial charge in [-0.1, -0.05) is 13.8 Å². The van der Waals surface area contributed by atoms with Crippen LogP contribution in [0.2, 0.25) is 0 Å². The van der Waals surface area contributed by atoms with E-state index in [9.17, 15) is 8.42 Å². The summed E-state index contributed by atoms with van der Waals surface area (Å²) in [5, 5.41) is 9.00. The number of aliphatic hydroxyl groups is 1. The van der Waals surface area contributed by atoms with E-state index in [0.717, 1.165) is 0 Å². The standard InChI is InChI=1S/C8H17NO3S/c1-3-8(5-10)9-4-7(2)6-13(9,11)12/h7-8,10H,3-6H2,1-2H3. The van der Waals surface area contributed by atoms with Crippen LogP contribution in [0.25, 0.3) is 0 Å². The predicted octanol–water partition coefficient (Wildman–Crippen LogP) is 0.0388. The van der Waals surface area contributed by atoms with Gasteiger partial charge in [0.1, 0.15) is 0 Å². The molecule has 0 bridgehead atoms. The van der Waals surface area contributed by atoms with Crippen molar-refractivity contribution in [3.05, 3.63) is 0 Å². The van der Waals surface area contributed by atoms with E-state index in [4.69, 9.17) is 5.11 Å². The predicted molar refractivity (Wildman–Crippen MR) is 50.8 cm³/mol. The average Bonchev–Trinajstić information content (AvgIpc) is 2.28. The maximum absolute atomic E-state index is 11.5. The van der Waals surface area contributed by atoms with Gasteiger partial charge < -0.3 is 5.11 Å². The van der Waals surface area contributed by atoms with Crippen LogP contribution in [0.3, 0.4) is 0 Å². The van der Waals surface area contributed by atoms with Crippen molar-refractivity contribution in [2.75, 3.05) is 18.9 Å². The Hall–Kier alpha value is -0.130. The van der Waals surface area contributed by atoms with Crippen molar-refractivity contribution in [2.24, 2.45) is 5.92 Å². The first-order chi connectivity index (χ1) is 6.01. The number of hydrogen-bond donors (Lipinski definition) is 1. The van der Waals surface area contributed by atoms with Crippen LogP contribution in [0.1, 0.15) is 20.3 Å². The summed E-state index contributed by atoms with van der Waals surface area (Å²) in [6.45, 7) is 4.28. The number of sulfonamides is 1. The molecule has 1 fully saturated rings. The molecule has 0 aromatic carbocycles. The van der Waals surface area contributed by atoms with Crippen molar-refractivity contribution in [3.63, 3.8) is 0 Å². The number of rotatable bonds is 3. The minimum atomic E-state index is -3.09. The molecule has 0 radical (unpaired) electrons. The summed E-state index contributed by atoms with van der Waals surface area (Å²) < 4.78 is 24.5. The Kier molecular flexibility index (Phi) is 3.32. The van der Waals surface area contributed by atoms with Gasteiger partial charge in [-0.15, -0.1) is 0 Å². The molecule has 0 spiro atoms. The second-order valence-corrected chi connectivity index (χ2v) is 5.66. The molecule has 0 saturated carbocycles. The molecule has 1 aliphatic heterocycles. The Morgan fingerprint density at radius 2 is 2.23 bits per heavy atom. The van der Waals surface area contributed by atoms with E-state index >= 15 is 0 Å². The molecule has 0 aromatic rings. The molecule has 2 unspecified atom stereocenters. The fourth-order valence-electron chi connectivity index (χ4n) is 1.73. The maximum Gasteiger partial charge on any atom is 0.214 e. The molecule has 1 saturated heterocycles. The molecule has 78 valence electrons. The summed E-state index contributed by atoms with van der Waals surface area (Å²) in [7, 11) is -3.09. The smallest absolute Gasteiger partial charge is 0.214 e. The monoisotopic (exact) mass is 207 g/mol. The third kappa shape index (κ3) is 2.21. The van der Waals surface area contributed by atoms with Gasteiger partial charge in [0, 0.05) is 12.6 Å². The van der Waals surface area contributed by atoms with Crippen molar-refractivity contribution in [3.8, 4) is 0 Å². The normalized spacial score (nSPS) is 30.5. The highest BCUT2D eigenvalue weighted by atomic mass is 32.2. The summed E-state index contributed by atoms with van der Waals surface area (Å²) in [5.41, 5.74) is 0. The van der Waals surface area contributed by atoms with E-state index in [1.54, 1.807) is 0 Å². The lowest BCUT2D eigenvalue weighted by Crippen LogP contribution is -2.38. The van der Waals surface area contributed by atoms with Gasteiger partial charge in [0.15, 0.2) is 0 Å². The summed E-state index contributed by atoms with van der Waals surface area (Å²) in [6, 6.07) is -0.227. The molecule has 1 rings (SSSR count). The zero-order chi connectivity index (χ0) is 10.1. The lowest BCUT2D eigenvalue weighted by atomic mass is 10.2. The Labute approximate surface area is 79.6 Å². The van der Waals surface area contributed by atoms with Gasteiger partial charge in [-0.05, 0) is 12.3 Å². The molecule has 0 aliphatic carbocycles. The molecular weight excluding hydrogens is 190 g/mol. The molecule has 0 aromatic heterocycles. The van der Waals surface area contributed by atoms with Gasteiger partial charge >= 0.3 is 0 Å². The number of nitrogens with zero attached hydrogens (tertiary/aromatic N) is 1. The largest absolute Gasteiger partial charge is 0.395 e. The van der Waals surface area contributed by atoms with Crippen molar-refractivity contribution in [1.82, 2.24) is 4.31 Å². The van der Waals surface area contributed by atoms with E-state index in [1.807, 2.05) is 13.8 Å². The fourth-order valence-corrected chi connectivity index (χ4v) is 3.90. The van der Waals surface area contributed by atoms with Crippen molar-refractivity contribution < 1.29 is 13.5 Å². The molecule has 13 heavy (non-hydrogen) atoms. The van der Waals surface area contributed by atoms with E-state index in [-0.39, 0.29) is 24.3 Å². The first-order valence-corrected chi connectivity index (χ1v) is 6.22. The minimum Gasteiger partial charge on any atom is -0.395 e. The summed E-state index contributed by atoms with van der Waals surface area (Å²) in [4.78, 5) is 0. The highest BCUT2D eigenvalue weighted by Gasteiger charge is 2.37. The number of aliphatic hydroxyl groups excluding tert-OH is 1. The fraction of sp³-hybridized carbons (Fsp3) is 1.00. The van der Waals surface area contributed by atoms with E-state index in [0.29, 0.717) is 13.0 Å². The molecular formula is C8H17NO3S. The van der Waals surface area contributed by atoms with E-state index < -0.39 is 10.0 Å². The zero-order valence-electron chi connectivity index (χ0n) is 8.10. The van der Waals surface area contributed by atoms with Crippen LogP contribution in [0.5, 0.6) is 0 Å². The molecule has 4 nitrogen and oxygen atoms in total. The molecule has 1 aliphatic rings. The quantitative estimate of drug-likeness (QED) is 0.711. The highest BCUT2D eigenvalue weighted by Crippen LogP contribution is 2.22. The third-order valence-electron chi connectivity index (χ3n) is 2.43. The van der Waals surface area contributed by atoms with Gasteiger partial charge in [-0.25, -0.2) is 8.42 Å². The van der Waals surface area contributed by atoms with E-state index in [2.05, 4.69) is 0 Å². The van der Waals surface area contributed by atoms with Crippen molar-refractivity contribution >= 4 is 10.0 Å². The first kappa shape index (κ1) is 10.9. The van der Waals surface area contributed by atoms with Crippen molar-refractivity contribution in [1.29, 1.82) is 0 Å². The van der Waals surface area contributed by atoms with Crippen LogP contribution in [0, 0.1) is 5.92 Å². The van der Waals surface area contributed by atoms with Gasteiger partial charge in [-0.2, -0.15) is 4.31 Å². The second kappa shape index (κ2) is 3.94. The average molecular weight is 207 g/mol. The summed E-state index contributed by atoms with van der Waals surface area (Å²) >= 11 is 0. The van der Waals surface area contributed by atoms with Gasteiger partial charge in [0.05, 0.1) is 12.4 Å². The van der Waals surface area contributed by atoms with Gasteiger partial charge in [0.2, 0.25) is 10.0 Å². The molecule has 1 N–H and O–H groups in total. The van der Waals surface area contributed by atoms with Crippen LogP contribution >= 0.6 is 0 Å².